The lowest BCUT2D eigenvalue weighted by atomic mass is 10.2. The van der Waals surface area contributed by atoms with Gasteiger partial charge in [0.25, 0.3) is 5.89 Å². The zero-order chi connectivity index (χ0) is 12.3. The van der Waals surface area contributed by atoms with E-state index in [0.717, 1.165) is 6.42 Å². The first-order chi connectivity index (χ1) is 8.24. The fraction of sp³-hybridized carbons (Fsp3) is 0.364. The highest BCUT2D eigenvalue weighted by Crippen LogP contribution is 2.23. The number of rotatable bonds is 4. The minimum absolute atomic E-state index is 0.0565. The fourth-order valence-electron chi connectivity index (χ4n) is 1.48. The summed E-state index contributed by atoms with van der Waals surface area (Å²) in [6.45, 7) is 1.97. The molecule has 0 saturated carbocycles. The van der Waals surface area contributed by atoms with Gasteiger partial charge in [0.1, 0.15) is 11.9 Å². The molecule has 90 valence electrons. The van der Waals surface area contributed by atoms with Gasteiger partial charge in [-0.05, 0) is 12.5 Å². The Morgan fingerprint density at radius 3 is 2.94 bits per heavy atom. The van der Waals surface area contributed by atoms with Crippen LogP contribution in [0.15, 0.2) is 23.0 Å². The lowest BCUT2D eigenvalue weighted by molar-refractivity contribution is 0.0903. The van der Waals surface area contributed by atoms with Gasteiger partial charge in [-0.2, -0.15) is 4.98 Å². The molecule has 0 spiro atoms. The summed E-state index contributed by atoms with van der Waals surface area (Å²) in [5.41, 5.74) is 0.578. The van der Waals surface area contributed by atoms with E-state index in [1.165, 1.54) is 12.3 Å². The van der Waals surface area contributed by atoms with Crippen molar-refractivity contribution in [1.82, 2.24) is 15.1 Å². The van der Waals surface area contributed by atoms with E-state index < -0.39 is 0 Å². The standard InChI is InChI=1S/C11H13N3O3/c1-3-9(16-2)10-13-11(17-14-10)7-4-8(15)6-12-5-7/h4-6,9,15H,3H2,1-2H3. The van der Waals surface area contributed by atoms with Crippen LogP contribution in [0.3, 0.4) is 0 Å². The van der Waals surface area contributed by atoms with E-state index in [4.69, 9.17) is 9.26 Å². The van der Waals surface area contributed by atoms with Crippen molar-refractivity contribution in [1.29, 1.82) is 0 Å². The van der Waals surface area contributed by atoms with Crippen molar-refractivity contribution >= 4 is 0 Å². The van der Waals surface area contributed by atoms with Crippen LogP contribution in [0, 0.1) is 0 Å². The van der Waals surface area contributed by atoms with Gasteiger partial charge in [0, 0.05) is 13.3 Å². The van der Waals surface area contributed by atoms with Gasteiger partial charge in [0.05, 0.1) is 11.8 Å². The lowest BCUT2D eigenvalue weighted by Gasteiger charge is -2.05. The van der Waals surface area contributed by atoms with Crippen molar-refractivity contribution in [2.45, 2.75) is 19.4 Å². The molecule has 2 heterocycles. The molecule has 2 aromatic heterocycles. The highest BCUT2D eigenvalue weighted by Gasteiger charge is 2.17. The molecule has 0 amide bonds. The third-order valence-electron chi connectivity index (χ3n) is 2.36. The zero-order valence-electron chi connectivity index (χ0n) is 9.62. The van der Waals surface area contributed by atoms with Crippen LogP contribution in [0.25, 0.3) is 11.5 Å². The predicted octanol–water partition coefficient (Wildman–Crippen LogP) is 1.93. The average Bonchev–Trinajstić information content (AvgIpc) is 2.80. The number of nitrogens with zero attached hydrogens (tertiary/aromatic N) is 3. The first-order valence-electron chi connectivity index (χ1n) is 5.25. The minimum Gasteiger partial charge on any atom is -0.506 e. The summed E-state index contributed by atoms with van der Waals surface area (Å²) >= 11 is 0. The summed E-state index contributed by atoms with van der Waals surface area (Å²) in [6.07, 6.45) is 3.46. The number of methoxy groups -OCH3 is 1. The van der Waals surface area contributed by atoms with E-state index in [-0.39, 0.29) is 11.9 Å². The van der Waals surface area contributed by atoms with Gasteiger partial charge in [-0.25, -0.2) is 0 Å². The summed E-state index contributed by atoms with van der Waals surface area (Å²) in [7, 11) is 1.60. The average molecular weight is 235 g/mol. The largest absolute Gasteiger partial charge is 0.506 e. The predicted molar refractivity (Wildman–Crippen MR) is 59.2 cm³/mol. The molecule has 1 unspecified atom stereocenters. The third kappa shape index (κ3) is 2.42. The Bertz CT molecular complexity index is 494. The maximum atomic E-state index is 9.31. The fourth-order valence-corrected chi connectivity index (χ4v) is 1.48. The van der Waals surface area contributed by atoms with Gasteiger partial charge in [-0.15, -0.1) is 0 Å². The summed E-state index contributed by atoms with van der Waals surface area (Å²) in [6, 6.07) is 1.51. The van der Waals surface area contributed by atoms with E-state index in [1.807, 2.05) is 6.92 Å². The second-order valence-electron chi connectivity index (χ2n) is 3.52. The highest BCUT2D eigenvalue weighted by atomic mass is 16.5. The molecule has 0 radical (unpaired) electrons. The van der Waals surface area contributed by atoms with Crippen LogP contribution in [0.1, 0.15) is 25.3 Å². The second kappa shape index (κ2) is 4.92. The molecular weight excluding hydrogens is 222 g/mol. The van der Waals surface area contributed by atoms with Crippen molar-refractivity contribution < 1.29 is 14.4 Å². The molecule has 0 fully saturated rings. The van der Waals surface area contributed by atoms with E-state index in [0.29, 0.717) is 17.3 Å². The van der Waals surface area contributed by atoms with Crippen LogP contribution < -0.4 is 0 Å². The lowest BCUT2D eigenvalue weighted by Crippen LogP contribution is -2.01. The third-order valence-corrected chi connectivity index (χ3v) is 2.36. The quantitative estimate of drug-likeness (QED) is 0.872. The molecule has 6 nitrogen and oxygen atoms in total. The monoisotopic (exact) mass is 235 g/mol. The van der Waals surface area contributed by atoms with Crippen molar-refractivity contribution in [2.75, 3.05) is 7.11 Å². The van der Waals surface area contributed by atoms with Gasteiger partial charge in [-0.1, -0.05) is 12.1 Å². The van der Waals surface area contributed by atoms with Crippen molar-refractivity contribution in [3.63, 3.8) is 0 Å². The smallest absolute Gasteiger partial charge is 0.259 e. The molecule has 0 aliphatic carbocycles. The Hall–Kier alpha value is -1.95. The summed E-state index contributed by atoms with van der Waals surface area (Å²) < 4.78 is 10.3. The van der Waals surface area contributed by atoms with Crippen LogP contribution in [0.2, 0.25) is 0 Å². The molecule has 2 rings (SSSR count). The second-order valence-corrected chi connectivity index (χ2v) is 3.52. The molecule has 0 aromatic carbocycles. The molecule has 1 atom stereocenters. The molecule has 0 bridgehead atoms. The van der Waals surface area contributed by atoms with Gasteiger partial charge < -0.3 is 14.4 Å². The van der Waals surface area contributed by atoms with Crippen LogP contribution in [-0.2, 0) is 4.74 Å². The Labute approximate surface area is 98.3 Å². The zero-order valence-corrected chi connectivity index (χ0v) is 9.62. The summed E-state index contributed by atoms with van der Waals surface area (Å²) in [5, 5.41) is 13.1. The molecule has 2 aromatic rings. The van der Waals surface area contributed by atoms with Gasteiger partial charge in [0.15, 0.2) is 0 Å². The van der Waals surface area contributed by atoms with Gasteiger partial charge in [-0.3, -0.25) is 4.98 Å². The van der Waals surface area contributed by atoms with Crippen LogP contribution in [0.4, 0.5) is 0 Å². The Morgan fingerprint density at radius 1 is 1.47 bits per heavy atom. The number of hydrogen-bond acceptors (Lipinski definition) is 6. The maximum Gasteiger partial charge on any atom is 0.259 e. The number of aromatic nitrogens is 3. The van der Waals surface area contributed by atoms with Crippen molar-refractivity contribution in [3.8, 4) is 17.2 Å². The van der Waals surface area contributed by atoms with E-state index >= 15 is 0 Å². The summed E-state index contributed by atoms with van der Waals surface area (Å²) in [4.78, 5) is 8.06. The highest BCUT2D eigenvalue weighted by molar-refractivity contribution is 5.53. The first-order valence-corrected chi connectivity index (χ1v) is 5.25. The molecule has 6 heteroatoms. The molecule has 1 N–H and O–H groups in total. The van der Waals surface area contributed by atoms with Crippen molar-refractivity contribution in [3.05, 3.63) is 24.3 Å². The molecule has 0 saturated heterocycles. The van der Waals surface area contributed by atoms with Crippen LogP contribution >= 0.6 is 0 Å². The maximum absolute atomic E-state index is 9.31. The number of pyridine rings is 1. The minimum atomic E-state index is -0.183. The number of hydrogen-bond donors (Lipinski definition) is 1. The number of ether oxygens (including phenoxy) is 1. The topological polar surface area (TPSA) is 81.3 Å². The van der Waals surface area contributed by atoms with E-state index in [1.54, 1.807) is 13.3 Å². The molecule has 0 aliphatic rings. The summed E-state index contributed by atoms with van der Waals surface area (Å²) in [5.74, 6) is 0.869. The Kier molecular flexibility index (Phi) is 3.34. The van der Waals surface area contributed by atoms with Crippen LogP contribution in [0.5, 0.6) is 5.75 Å². The SMILES string of the molecule is CCC(OC)c1noc(-c2cncc(O)c2)n1. The van der Waals surface area contributed by atoms with Gasteiger partial charge in [0.2, 0.25) is 5.82 Å². The first kappa shape index (κ1) is 11.5. The Balaban J connectivity index is 2.29. The van der Waals surface area contributed by atoms with Gasteiger partial charge >= 0.3 is 0 Å². The van der Waals surface area contributed by atoms with E-state index in [9.17, 15) is 5.11 Å². The molecule has 17 heavy (non-hydrogen) atoms. The molecular formula is C11H13N3O3. The number of aromatic hydroxyl groups is 1. The Morgan fingerprint density at radius 2 is 2.29 bits per heavy atom. The molecule has 0 aliphatic heterocycles. The van der Waals surface area contributed by atoms with Crippen LogP contribution in [-0.4, -0.2) is 27.3 Å². The van der Waals surface area contributed by atoms with E-state index in [2.05, 4.69) is 15.1 Å². The van der Waals surface area contributed by atoms with Crippen molar-refractivity contribution in [2.24, 2.45) is 0 Å². The normalized spacial score (nSPS) is 12.6.